The Morgan fingerprint density at radius 2 is 1.83 bits per heavy atom. The van der Waals surface area contributed by atoms with E-state index in [1.807, 2.05) is 23.6 Å². The second-order valence-corrected chi connectivity index (χ2v) is 12.0. The number of nitrogen functional groups attached to an aromatic ring is 1. The van der Waals surface area contributed by atoms with E-state index in [4.69, 9.17) is 16.6 Å². The average molecular weight is 648 g/mol. The fourth-order valence-corrected chi connectivity index (χ4v) is 5.78. The predicted octanol–water partition coefficient (Wildman–Crippen LogP) is 4.83. The van der Waals surface area contributed by atoms with Crippen molar-refractivity contribution in [3.05, 3.63) is 76.2 Å². The number of nitrogens with two attached hydrogens (primary N) is 2. The van der Waals surface area contributed by atoms with E-state index >= 15 is 0 Å². The first-order valence-corrected chi connectivity index (χ1v) is 15.7. The number of nitrogens with one attached hydrogen (secondary N) is 1. The Labute approximate surface area is 272 Å². The summed E-state index contributed by atoms with van der Waals surface area (Å²) in [6.45, 7) is 7.60. The van der Waals surface area contributed by atoms with Gasteiger partial charge in [0.15, 0.2) is 5.65 Å². The molecule has 0 saturated carbocycles. The van der Waals surface area contributed by atoms with Crippen LogP contribution in [0.1, 0.15) is 70.5 Å². The van der Waals surface area contributed by atoms with Crippen molar-refractivity contribution in [2.75, 3.05) is 50.8 Å². The minimum absolute atomic E-state index is 0.0184. The molecule has 0 spiro atoms. The number of hydrogen-bond donors (Lipinski definition) is 3. The van der Waals surface area contributed by atoms with Crippen LogP contribution in [0.2, 0.25) is 0 Å². The van der Waals surface area contributed by atoms with Crippen LogP contribution in [0.3, 0.4) is 0 Å². The number of hydrogen-bond acceptors (Lipinski definition) is 8. The minimum Gasteiger partial charge on any atom is -0.383 e. The highest BCUT2D eigenvalue weighted by atomic mass is 19.4. The highest BCUT2D eigenvalue weighted by molar-refractivity contribution is 6.04. The van der Waals surface area contributed by atoms with Crippen molar-refractivity contribution in [2.24, 2.45) is 5.73 Å². The summed E-state index contributed by atoms with van der Waals surface area (Å²) in [7, 11) is 2.00. The normalized spacial score (nSPS) is 15.0. The summed E-state index contributed by atoms with van der Waals surface area (Å²) in [5.74, 6) is 5.90. The lowest BCUT2D eigenvalue weighted by Crippen LogP contribution is -2.44. The zero-order valence-corrected chi connectivity index (χ0v) is 26.9. The Morgan fingerprint density at radius 3 is 2.53 bits per heavy atom. The van der Waals surface area contributed by atoms with Gasteiger partial charge in [0, 0.05) is 49.5 Å². The van der Waals surface area contributed by atoms with Crippen molar-refractivity contribution in [3.63, 3.8) is 0 Å². The van der Waals surface area contributed by atoms with Gasteiger partial charge in [0.25, 0.3) is 5.91 Å². The van der Waals surface area contributed by atoms with E-state index < -0.39 is 17.6 Å². The first kappa shape index (κ1) is 33.8. The maximum atomic E-state index is 14.1. The maximum absolute atomic E-state index is 14.1. The smallest absolute Gasteiger partial charge is 0.383 e. The van der Waals surface area contributed by atoms with E-state index in [0.29, 0.717) is 48.3 Å². The summed E-state index contributed by atoms with van der Waals surface area (Å²) < 4.78 is 44.1. The Morgan fingerprint density at radius 1 is 1.06 bits per heavy atom. The number of carbonyl (C=O) groups is 1. The molecule has 3 heterocycles. The fraction of sp³-hybridized carbons (Fsp3) is 0.412. The minimum atomic E-state index is -4.57. The van der Waals surface area contributed by atoms with Gasteiger partial charge >= 0.3 is 6.18 Å². The lowest BCUT2D eigenvalue weighted by molar-refractivity contribution is -0.138. The third kappa shape index (κ3) is 7.90. The molecule has 0 radical (unpaired) electrons. The van der Waals surface area contributed by atoms with Crippen molar-refractivity contribution in [1.29, 1.82) is 0 Å². The molecule has 248 valence electrons. The summed E-state index contributed by atoms with van der Waals surface area (Å²) >= 11 is 0. The average Bonchev–Trinajstić information content (AvgIpc) is 3.41. The lowest BCUT2D eigenvalue weighted by atomic mass is 10.0. The molecule has 2 aromatic heterocycles. The van der Waals surface area contributed by atoms with Gasteiger partial charge in [-0.3, -0.25) is 9.69 Å². The summed E-state index contributed by atoms with van der Waals surface area (Å²) in [5, 5.41) is 7.93. The molecule has 2 aromatic carbocycles. The van der Waals surface area contributed by atoms with Crippen LogP contribution < -0.4 is 16.8 Å². The molecule has 1 aliphatic rings. The van der Waals surface area contributed by atoms with E-state index in [2.05, 4.69) is 38.9 Å². The topological polar surface area (TPSA) is 131 Å². The van der Waals surface area contributed by atoms with Crippen molar-refractivity contribution >= 4 is 28.4 Å². The molecule has 1 atom stereocenters. The number of amides is 1. The van der Waals surface area contributed by atoms with Crippen LogP contribution >= 0.6 is 0 Å². The number of piperazine rings is 1. The van der Waals surface area contributed by atoms with Gasteiger partial charge in [0.1, 0.15) is 17.8 Å². The molecule has 0 bridgehead atoms. The van der Waals surface area contributed by atoms with Gasteiger partial charge in [0.2, 0.25) is 0 Å². The van der Waals surface area contributed by atoms with E-state index in [0.717, 1.165) is 37.6 Å². The number of nitrogens with zero attached hydrogens (tertiary/aromatic N) is 6. The number of anilines is 2. The van der Waals surface area contributed by atoms with Gasteiger partial charge in [-0.1, -0.05) is 31.4 Å². The Balaban J connectivity index is 1.40. The summed E-state index contributed by atoms with van der Waals surface area (Å²) in [6.07, 6.45) is -0.684. The molecular formula is C34H40F3N9O. The SMILES string of the molecule is CCCC(CCN)n1nc(C#Cc2cc(C(=O)Nc3ccc(CN4CCN(C)CC4)c(C(F)(F)F)c3)ccc2C)c2c(N)ncnc21. The number of benzene rings is 2. The van der Waals surface area contributed by atoms with E-state index in [9.17, 15) is 18.0 Å². The summed E-state index contributed by atoms with van der Waals surface area (Å²) in [6, 6.07) is 8.94. The molecule has 1 fully saturated rings. The zero-order valence-electron chi connectivity index (χ0n) is 26.9. The van der Waals surface area contributed by atoms with Crippen molar-refractivity contribution < 1.29 is 18.0 Å². The number of aromatic nitrogens is 4. The Kier molecular flexibility index (Phi) is 10.4. The van der Waals surface area contributed by atoms with Crippen LogP contribution in [-0.2, 0) is 12.7 Å². The zero-order chi connectivity index (χ0) is 33.7. The molecule has 0 aliphatic carbocycles. The van der Waals surface area contributed by atoms with E-state index in [1.165, 1.54) is 18.5 Å². The highest BCUT2D eigenvalue weighted by Gasteiger charge is 2.34. The van der Waals surface area contributed by atoms with Crippen molar-refractivity contribution in [2.45, 2.75) is 51.9 Å². The van der Waals surface area contributed by atoms with Gasteiger partial charge in [-0.05, 0) is 74.7 Å². The van der Waals surface area contributed by atoms with Gasteiger partial charge in [-0.2, -0.15) is 18.3 Å². The molecule has 5 N–H and O–H groups in total. The first-order valence-electron chi connectivity index (χ1n) is 15.7. The number of fused-ring (bicyclic) bond motifs is 1. The number of alkyl halides is 3. The maximum Gasteiger partial charge on any atom is 0.416 e. The van der Waals surface area contributed by atoms with Crippen LogP contribution in [-0.4, -0.2) is 75.2 Å². The summed E-state index contributed by atoms with van der Waals surface area (Å²) in [5.41, 5.74) is 14.2. The molecule has 5 rings (SSSR count). The Hall–Kier alpha value is -4.51. The van der Waals surface area contributed by atoms with Crippen LogP contribution in [0.5, 0.6) is 0 Å². The Bertz CT molecular complexity index is 1790. The molecule has 10 nitrogen and oxygen atoms in total. The molecule has 1 aliphatic heterocycles. The van der Waals surface area contributed by atoms with Gasteiger partial charge < -0.3 is 21.7 Å². The largest absolute Gasteiger partial charge is 0.416 e. The molecule has 1 unspecified atom stereocenters. The van der Waals surface area contributed by atoms with Crippen LogP contribution in [0.4, 0.5) is 24.7 Å². The van der Waals surface area contributed by atoms with Crippen LogP contribution in [0, 0.1) is 18.8 Å². The summed E-state index contributed by atoms with van der Waals surface area (Å²) in [4.78, 5) is 26.0. The fourth-order valence-electron chi connectivity index (χ4n) is 5.78. The van der Waals surface area contributed by atoms with E-state index in [1.54, 1.807) is 18.2 Å². The molecule has 1 saturated heterocycles. The number of rotatable bonds is 9. The predicted molar refractivity (Wildman–Crippen MR) is 177 cm³/mol. The monoisotopic (exact) mass is 647 g/mol. The first-order chi connectivity index (χ1) is 22.5. The second kappa shape index (κ2) is 14.5. The molecule has 4 aromatic rings. The lowest BCUT2D eigenvalue weighted by Gasteiger charge is -2.33. The number of aryl methyl sites for hydroxylation is 1. The quantitative estimate of drug-likeness (QED) is 0.221. The van der Waals surface area contributed by atoms with Gasteiger partial charge in [-0.15, -0.1) is 0 Å². The number of halogens is 3. The standard InChI is InChI=1S/C34H40F3N9O/c1-4-5-27(12-13-38)46-32-30(31(39)40-21-41-32)29(43-46)11-9-23-18-24(7-6-22(23)2)33(47)42-26-10-8-25(28(19-26)34(35,36)37)20-45-16-14-44(3)15-17-45/h6-8,10,18-19,21,27H,4-5,12-17,20,38H2,1-3H3,(H,42,47)(H2,39,40,41). The van der Waals surface area contributed by atoms with Gasteiger partial charge in [0.05, 0.1) is 17.0 Å². The second-order valence-electron chi connectivity index (χ2n) is 12.0. The molecule has 13 heteroatoms. The van der Waals surface area contributed by atoms with Crippen LogP contribution in [0.15, 0.2) is 42.7 Å². The molecule has 47 heavy (non-hydrogen) atoms. The highest BCUT2D eigenvalue weighted by Crippen LogP contribution is 2.35. The van der Waals surface area contributed by atoms with Crippen molar-refractivity contribution in [1.82, 2.24) is 29.5 Å². The number of carbonyl (C=O) groups excluding carboxylic acids is 1. The van der Waals surface area contributed by atoms with Crippen molar-refractivity contribution in [3.8, 4) is 11.8 Å². The molecule has 1 amide bonds. The number of likely N-dealkylation sites (N-methyl/N-ethyl adjacent to an activating group) is 1. The molecular weight excluding hydrogens is 607 g/mol. The van der Waals surface area contributed by atoms with Gasteiger partial charge in [-0.25, -0.2) is 14.6 Å². The third-order valence-electron chi connectivity index (χ3n) is 8.46. The van der Waals surface area contributed by atoms with Crippen LogP contribution in [0.25, 0.3) is 11.0 Å². The third-order valence-corrected chi connectivity index (χ3v) is 8.46. The van der Waals surface area contributed by atoms with E-state index in [-0.39, 0.29) is 35.2 Å².